The molecule has 0 unspecified atom stereocenters. The third-order valence-electron chi connectivity index (χ3n) is 6.00. The summed E-state index contributed by atoms with van der Waals surface area (Å²) in [5.74, 6) is -2.38. The van der Waals surface area contributed by atoms with Crippen molar-refractivity contribution in [1.29, 1.82) is 5.26 Å². The summed E-state index contributed by atoms with van der Waals surface area (Å²) in [4.78, 5) is 0. The van der Waals surface area contributed by atoms with Crippen molar-refractivity contribution in [2.45, 2.75) is 50.9 Å². The van der Waals surface area contributed by atoms with Crippen LogP contribution >= 0.6 is 0 Å². The Kier molecular flexibility index (Phi) is 7.73. The molecule has 0 bridgehead atoms. The Morgan fingerprint density at radius 2 is 1.58 bits per heavy atom. The van der Waals surface area contributed by atoms with Gasteiger partial charge in [-0.1, -0.05) is 6.08 Å². The summed E-state index contributed by atoms with van der Waals surface area (Å²) in [6.07, 6.45) is 6.33. The molecule has 2 aromatic carbocycles. The largest absolute Gasteiger partial charge is 0.493 e. The first-order valence-corrected chi connectivity index (χ1v) is 10.5. The Labute approximate surface area is 180 Å². The second-order valence-electron chi connectivity index (χ2n) is 8.02. The lowest BCUT2D eigenvalue weighted by Crippen LogP contribution is -2.15. The van der Waals surface area contributed by atoms with Gasteiger partial charge in [-0.05, 0) is 74.5 Å². The smallest absolute Gasteiger partial charge is 0.144 e. The molecular weight excluding hydrogens is 406 g/mol. The van der Waals surface area contributed by atoms with Crippen molar-refractivity contribution in [2.24, 2.45) is 5.92 Å². The van der Waals surface area contributed by atoms with Crippen molar-refractivity contribution in [1.82, 2.24) is 0 Å². The first-order valence-electron chi connectivity index (χ1n) is 10.5. The van der Waals surface area contributed by atoms with Gasteiger partial charge in [0.25, 0.3) is 0 Å². The zero-order chi connectivity index (χ0) is 22.4. The van der Waals surface area contributed by atoms with Crippen LogP contribution in [-0.2, 0) is 6.42 Å². The fraction of sp³-hybridized carbons (Fsp3) is 0.400. The number of nitriles is 1. The topological polar surface area (TPSA) is 33.0 Å². The van der Waals surface area contributed by atoms with Gasteiger partial charge in [-0.25, -0.2) is 17.6 Å². The summed E-state index contributed by atoms with van der Waals surface area (Å²) in [5, 5.41) is 8.80. The number of benzene rings is 2. The molecule has 1 saturated carbocycles. The molecule has 0 radical (unpaired) electrons. The van der Waals surface area contributed by atoms with Crippen LogP contribution in [0.2, 0.25) is 0 Å². The molecule has 0 aromatic heterocycles. The lowest BCUT2D eigenvalue weighted by Gasteiger charge is -2.29. The van der Waals surface area contributed by atoms with Gasteiger partial charge in [0.1, 0.15) is 40.7 Å². The fourth-order valence-electron chi connectivity index (χ4n) is 4.23. The molecular formula is C25H25F4NO. The third kappa shape index (κ3) is 5.66. The molecule has 0 heterocycles. The Morgan fingerprint density at radius 3 is 2.13 bits per heavy atom. The lowest BCUT2D eigenvalue weighted by atomic mass is 9.76. The Hall–Kier alpha value is -2.81. The van der Waals surface area contributed by atoms with E-state index in [4.69, 9.17) is 10.00 Å². The van der Waals surface area contributed by atoms with Gasteiger partial charge < -0.3 is 4.74 Å². The normalized spacial score (nSPS) is 18.4. The number of hydrogen-bond donors (Lipinski definition) is 0. The molecule has 0 N–H and O–H groups in total. The van der Waals surface area contributed by atoms with Gasteiger partial charge in [0.15, 0.2) is 0 Å². The molecule has 0 amide bonds. The van der Waals surface area contributed by atoms with Gasteiger partial charge in [-0.2, -0.15) is 5.26 Å². The third-order valence-corrected chi connectivity index (χ3v) is 6.00. The van der Waals surface area contributed by atoms with Crippen LogP contribution in [0.15, 0.2) is 36.9 Å². The molecule has 0 spiro atoms. The van der Waals surface area contributed by atoms with Crippen LogP contribution in [-0.4, -0.2) is 6.61 Å². The highest BCUT2D eigenvalue weighted by atomic mass is 19.1. The molecule has 6 heteroatoms. The predicted octanol–water partition coefficient (Wildman–Crippen LogP) is 6.98. The second-order valence-corrected chi connectivity index (χ2v) is 8.02. The Balaban J connectivity index is 1.55. The summed E-state index contributed by atoms with van der Waals surface area (Å²) in [7, 11) is 0. The first kappa shape index (κ1) is 22.9. The van der Waals surface area contributed by atoms with E-state index < -0.39 is 28.8 Å². The molecule has 1 aliphatic carbocycles. The molecule has 164 valence electrons. The zero-order valence-electron chi connectivity index (χ0n) is 17.3. The maximum atomic E-state index is 14.4. The molecule has 1 aliphatic rings. The quantitative estimate of drug-likeness (QED) is 0.257. The van der Waals surface area contributed by atoms with Crippen LogP contribution in [0.4, 0.5) is 17.6 Å². The highest BCUT2D eigenvalue weighted by molar-refractivity contribution is 5.36. The summed E-state index contributed by atoms with van der Waals surface area (Å²) in [6.45, 7) is 3.89. The van der Waals surface area contributed by atoms with Gasteiger partial charge in [-0.3, -0.25) is 0 Å². The number of rotatable bonds is 8. The van der Waals surface area contributed by atoms with E-state index in [1.807, 2.05) is 0 Å². The monoisotopic (exact) mass is 431 g/mol. The average molecular weight is 431 g/mol. The van der Waals surface area contributed by atoms with E-state index in [0.717, 1.165) is 25.7 Å². The highest BCUT2D eigenvalue weighted by Gasteiger charge is 2.25. The van der Waals surface area contributed by atoms with Gasteiger partial charge >= 0.3 is 0 Å². The predicted molar refractivity (Wildman–Crippen MR) is 111 cm³/mol. The van der Waals surface area contributed by atoms with Crippen molar-refractivity contribution in [3.8, 4) is 11.8 Å². The summed E-state index contributed by atoms with van der Waals surface area (Å²) >= 11 is 0. The minimum absolute atomic E-state index is 0.0217. The zero-order valence-corrected chi connectivity index (χ0v) is 17.3. The first-order chi connectivity index (χ1) is 14.9. The SMILES string of the molecule is C=CCCOc1cc(F)c(CCC2CCC(c3cc(F)c(C#N)c(F)c3)CC2)c(F)c1. The second kappa shape index (κ2) is 10.5. The number of nitrogens with zero attached hydrogens (tertiary/aromatic N) is 1. The number of hydrogen-bond acceptors (Lipinski definition) is 2. The summed E-state index contributed by atoms with van der Waals surface area (Å²) in [6, 6.07) is 6.46. The van der Waals surface area contributed by atoms with E-state index in [1.54, 1.807) is 6.08 Å². The van der Waals surface area contributed by atoms with E-state index in [-0.39, 0.29) is 17.2 Å². The Bertz CT molecular complexity index is 928. The van der Waals surface area contributed by atoms with Gasteiger partial charge in [0, 0.05) is 17.7 Å². The van der Waals surface area contributed by atoms with Crippen molar-refractivity contribution < 1.29 is 22.3 Å². The molecule has 0 saturated heterocycles. The maximum Gasteiger partial charge on any atom is 0.144 e. The summed E-state index contributed by atoms with van der Waals surface area (Å²) < 4.78 is 61.8. The van der Waals surface area contributed by atoms with Gasteiger partial charge in [0.2, 0.25) is 0 Å². The van der Waals surface area contributed by atoms with E-state index in [1.165, 1.54) is 30.3 Å². The summed E-state index contributed by atoms with van der Waals surface area (Å²) in [5.41, 5.74) is 0.0737. The van der Waals surface area contributed by atoms with Crippen molar-refractivity contribution in [2.75, 3.05) is 6.61 Å². The lowest BCUT2D eigenvalue weighted by molar-refractivity contribution is 0.306. The van der Waals surface area contributed by atoms with Crippen molar-refractivity contribution in [3.63, 3.8) is 0 Å². The average Bonchev–Trinajstić information content (AvgIpc) is 2.73. The molecule has 1 fully saturated rings. The molecule has 2 nitrogen and oxygen atoms in total. The van der Waals surface area contributed by atoms with Crippen LogP contribution in [0.3, 0.4) is 0 Å². The molecule has 2 aromatic rings. The van der Waals surface area contributed by atoms with Crippen LogP contribution in [0.25, 0.3) is 0 Å². The molecule has 31 heavy (non-hydrogen) atoms. The van der Waals surface area contributed by atoms with Gasteiger partial charge in [-0.15, -0.1) is 6.58 Å². The Morgan fingerprint density at radius 1 is 0.968 bits per heavy atom. The molecule has 0 atom stereocenters. The van der Waals surface area contributed by atoms with E-state index in [0.29, 0.717) is 37.4 Å². The maximum absolute atomic E-state index is 14.4. The van der Waals surface area contributed by atoms with E-state index in [2.05, 4.69) is 6.58 Å². The number of ether oxygens (including phenoxy) is 1. The van der Waals surface area contributed by atoms with Crippen LogP contribution in [0.1, 0.15) is 61.1 Å². The number of halogens is 4. The van der Waals surface area contributed by atoms with E-state index in [9.17, 15) is 17.6 Å². The van der Waals surface area contributed by atoms with E-state index >= 15 is 0 Å². The minimum Gasteiger partial charge on any atom is -0.493 e. The van der Waals surface area contributed by atoms with Crippen LogP contribution in [0.5, 0.6) is 5.75 Å². The van der Waals surface area contributed by atoms with Crippen LogP contribution in [0, 0.1) is 40.5 Å². The highest BCUT2D eigenvalue weighted by Crippen LogP contribution is 2.38. The van der Waals surface area contributed by atoms with Gasteiger partial charge in [0.05, 0.1) is 6.61 Å². The fourth-order valence-corrected chi connectivity index (χ4v) is 4.23. The van der Waals surface area contributed by atoms with Crippen LogP contribution < -0.4 is 4.74 Å². The molecule has 0 aliphatic heterocycles. The standard InChI is InChI=1S/C25H25F4NO/c1-2-3-10-31-19-13-24(28)20(25(29)14-19)9-6-16-4-7-17(8-5-16)18-11-22(26)21(15-30)23(27)12-18/h2,11-14,16-17H,1,3-10H2. The molecule has 3 rings (SSSR count). The minimum atomic E-state index is -0.831. The van der Waals surface area contributed by atoms with Crippen molar-refractivity contribution in [3.05, 3.63) is 76.9 Å². The van der Waals surface area contributed by atoms with Crippen molar-refractivity contribution >= 4 is 0 Å².